The number of nitrogens with one attached hydrogen (secondary N) is 2. The second kappa shape index (κ2) is 8.57. The van der Waals surface area contributed by atoms with Crippen LogP contribution in [0, 0.1) is 13.8 Å². The van der Waals surface area contributed by atoms with E-state index in [1.807, 2.05) is 63.6 Å². The van der Waals surface area contributed by atoms with Crippen molar-refractivity contribution in [2.45, 2.75) is 40.3 Å². The predicted octanol–water partition coefficient (Wildman–Crippen LogP) is 3.99. The van der Waals surface area contributed by atoms with E-state index in [9.17, 15) is 9.59 Å². The molecule has 7 nitrogen and oxygen atoms in total. The Kier molecular flexibility index (Phi) is 6.10. The Labute approximate surface area is 177 Å². The van der Waals surface area contributed by atoms with Gasteiger partial charge in [-0.25, -0.2) is 9.78 Å². The van der Waals surface area contributed by atoms with Gasteiger partial charge in [-0.3, -0.25) is 4.79 Å². The summed E-state index contributed by atoms with van der Waals surface area (Å²) in [5, 5.41) is 5.84. The molecule has 2 aromatic carbocycles. The number of aromatic nitrogens is 2. The number of benzene rings is 2. The molecule has 0 bridgehead atoms. The average molecular weight is 408 g/mol. The molecular weight excluding hydrogens is 378 g/mol. The molecule has 2 N–H and O–H groups in total. The van der Waals surface area contributed by atoms with Crippen LogP contribution in [0.5, 0.6) is 0 Å². The van der Waals surface area contributed by atoms with E-state index in [1.165, 1.54) is 0 Å². The molecule has 0 aliphatic rings. The fourth-order valence-electron chi connectivity index (χ4n) is 3.33. The number of amides is 3. The molecule has 1 aromatic heterocycles. The van der Waals surface area contributed by atoms with Crippen LogP contribution < -0.4 is 10.6 Å². The molecule has 3 aromatic rings. The Hall–Kier alpha value is -3.35. The highest BCUT2D eigenvalue weighted by Gasteiger charge is 2.16. The van der Waals surface area contributed by atoms with Crippen molar-refractivity contribution in [1.29, 1.82) is 0 Å². The lowest BCUT2D eigenvalue weighted by Gasteiger charge is -2.18. The van der Waals surface area contributed by atoms with Crippen molar-refractivity contribution in [3.63, 3.8) is 0 Å². The first-order valence-electron chi connectivity index (χ1n) is 10.0. The number of rotatable bonds is 5. The molecule has 7 heteroatoms. The Morgan fingerprint density at radius 2 is 1.87 bits per heavy atom. The Balaban J connectivity index is 1.76. The zero-order chi connectivity index (χ0) is 22.0. The van der Waals surface area contributed by atoms with Gasteiger partial charge in [0.2, 0.25) is 0 Å². The number of carbonyl (C=O) groups excluding carboxylic acids is 2. The monoisotopic (exact) mass is 407 g/mol. The summed E-state index contributed by atoms with van der Waals surface area (Å²) in [6, 6.07) is 11.2. The highest BCUT2D eigenvalue weighted by atomic mass is 16.2. The van der Waals surface area contributed by atoms with Crippen LogP contribution in [0.25, 0.3) is 11.0 Å². The smallest absolute Gasteiger partial charge is 0.321 e. The van der Waals surface area contributed by atoms with Gasteiger partial charge < -0.3 is 20.1 Å². The summed E-state index contributed by atoms with van der Waals surface area (Å²) in [7, 11) is 3.65. The van der Waals surface area contributed by atoms with E-state index < -0.39 is 0 Å². The molecule has 0 atom stereocenters. The first-order valence-corrected chi connectivity index (χ1v) is 10.0. The number of fused-ring (bicyclic) bond motifs is 1. The normalized spacial score (nSPS) is 11.0. The van der Waals surface area contributed by atoms with E-state index >= 15 is 0 Å². The second-order valence-corrected chi connectivity index (χ2v) is 8.02. The molecule has 0 aliphatic carbocycles. The van der Waals surface area contributed by atoms with Crippen LogP contribution >= 0.6 is 0 Å². The van der Waals surface area contributed by atoms with Crippen molar-refractivity contribution in [2.75, 3.05) is 12.4 Å². The molecule has 158 valence electrons. The quantitative estimate of drug-likeness (QED) is 0.671. The van der Waals surface area contributed by atoms with E-state index in [2.05, 4.69) is 15.6 Å². The zero-order valence-electron chi connectivity index (χ0n) is 18.4. The first kappa shape index (κ1) is 21.4. The first-order chi connectivity index (χ1) is 14.2. The lowest BCUT2D eigenvalue weighted by atomic mass is 10.1. The van der Waals surface area contributed by atoms with E-state index in [0.717, 1.165) is 33.7 Å². The van der Waals surface area contributed by atoms with Crippen molar-refractivity contribution < 1.29 is 9.59 Å². The van der Waals surface area contributed by atoms with Crippen LogP contribution in [-0.2, 0) is 13.6 Å². The minimum atomic E-state index is -0.203. The van der Waals surface area contributed by atoms with E-state index in [0.29, 0.717) is 12.1 Å². The lowest BCUT2D eigenvalue weighted by molar-refractivity contribution is 0.0943. The molecule has 3 amide bonds. The zero-order valence-corrected chi connectivity index (χ0v) is 18.4. The van der Waals surface area contributed by atoms with Gasteiger partial charge in [0.25, 0.3) is 5.91 Å². The maximum absolute atomic E-state index is 12.7. The predicted molar refractivity (Wildman–Crippen MR) is 120 cm³/mol. The third-order valence-electron chi connectivity index (χ3n) is 5.00. The fourth-order valence-corrected chi connectivity index (χ4v) is 3.33. The summed E-state index contributed by atoms with van der Waals surface area (Å²) >= 11 is 0. The fraction of sp³-hybridized carbons (Fsp3) is 0.348. The minimum absolute atomic E-state index is 0.0665. The number of aryl methyl sites for hydroxylation is 3. The molecule has 0 saturated heterocycles. The lowest BCUT2D eigenvalue weighted by Crippen LogP contribution is -2.32. The molecule has 0 aliphatic heterocycles. The summed E-state index contributed by atoms with van der Waals surface area (Å²) in [6.45, 7) is 8.19. The number of hydrogen-bond donors (Lipinski definition) is 2. The topological polar surface area (TPSA) is 79.3 Å². The van der Waals surface area contributed by atoms with E-state index in [-0.39, 0.29) is 18.0 Å². The third kappa shape index (κ3) is 4.62. The average Bonchev–Trinajstić information content (AvgIpc) is 2.98. The van der Waals surface area contributed by atoms with Gasteiger partial charge in [-0.1, -0.05) is 17.7 Å². The van der Waals surface area contributed by atoms with E-state index in [4.69, 9.17) is 0 Å². The standard InChI is InChI=1S/C23H29N5O2/c1-14(2)24-22(29)17-8-10-20-19(12-17)25-21(28(20)6)13-27(5)23(30)26-18-9-7-15(3)11-16(18)4/h7-12,14H,13H2,1-6H3,(H,24,29)(H,26,30). The highest BCUT2D eigenvalue weighted by Crippen LogP contribution is 2.19. The van der Waals surface area contributed by atoms with Gasteiger partial charge in [-0.2, -0.15) is 0 Å². The van der Waals surface area contributed by atoms with Crippen LogP contribution in [0.4, 0.5) is 10.5 Å². The van der Waals surface area contributed by atoms with Crippen molar-refractivity contribution in [3.05, 3.63) is 58.9 Å². The van der Waals surface area contributed by atoms with Crippen molar-refractivity contribution in [2.24, 2.45) is 7.05 Å². The van der Waals surface area contributed by atoms with Crippen LogP contribution in [0.1, 0.15) is 41.2 Å². The van der Waals surface area contributed by atoms with Gasteiger partial charge >= 0.3 is 6.03 Å². The minimum Gasteiger partial charge on any atom is -0.350 e. The number of urea groups is 1. The Bertz CT molecular complexity index is 1100. The molecule has 0 fully saturated rings. The number of carbonyl (C=O) groups is 2. The van der Waals surface area contributed by atoms with Crippen molar-refractivity contribution >= 4 is 28.7 Å². The van der Waals surface area contributed by atoms with Crippen LogP contribution in [0.2, 0.25) is 0 Å². The molecule has 30 heavy (non-hydrogen) atoms. The summed E-state index contributed by atoms with van der Waals surface area (Å²) in [5.41, 5.74) is 5.18. The summed E-state index contributed by atoms with van der Waals surface area (Å²) < 4.78 is 1.94. The Morgan fingerprint density at radius 1 is 1.13 bits per heavy atom. The number of imidazole rings is 1. The third-order valence-corrected chi connectivity index (χ3v) is 5.00. The molecule has 0 saturated carbocycles. The van der Waals surface area contributed by atoms with Crippen LogP contribution in [0.3, 0.4) is 0 Å². The van der Waals surface area contributed by atoms with Gasteiger partial charge in [0.1, 0.15) is 5.82 Å². The maximum atomic E-state index is 12.7. The molecule has 0 unspecified atom stereocenters. The van der Waals surface area contributed by atoms with Gasteiger partial charge in [0, 0.05) is 31.4 Å². The van der Waals surface area contributed by atoms with Gasteiger partial charge in [0.15, 0.2) is 0 Å². The molecule has 0 radical (unpaired) electrons. The number of hydrogen-bond acceptors (Lipinski definition) is 3. The van der Waals surface area contributed by atoms with Crippen LogP contribution in [-0.4, -0.2) is 39.5 Å². The summed E-state index contributed by atoms with van der Waals surface area (Å²) in [6.07, 6.45) is 0. The SMILES string of the molecule is Cc1ccc(NC(=O)N(C)Cc2nc3cc(C(=O)NC(C)C)ccc3n2C)c(C)c1. The van der Waals surface area contributed by atoms with Gasteiger partial charge in [-0.15, -0.1) is 0 Å². The largest absolute Gasteiger partial charge is 0.350 e. The molecular formula is C23H29N5O2. The van der Waals surface area contributed by atoms with Crippen LogP contribution in [0.15, 0.2) is 36.4 Å². The molecule has 0 spiro atoms. The molecule has 3 rings (SSSR count). The maximum Gasteiger partial charge on any atom is 0.321 e. The highest BCUT2D eigenvalue weighted by molar-refractivity contribution is 5.97. The number of anilines is 1. The molecule has 1 heterocycles. The summed E-state index contributed by atoms with van der Waals surface area (Å²) in [4.78, 5) is 31.2. The van der Waals surface area contributed by atoms with Crippen molar-refractivity contribution in [1.82, 2.24) is 19.8 Å². The van der Waals surface area contributed by atoms with Crippen molar-refractivity contribution in [3.8, 4) is 0 Å². The Morgan fingerprint density at radius 3 is 2.53 bits per heavy atom. The summed E-state index contributed by atoms with van der Waals surface area (Å²) in [5.74, 6) is 0.619. The van der Waals surface area contributed by atoms with Gasteiger partial charge in [-0.05, 0) is 57.5 Å². The number of nitrogens with zero attached hydrogens (tertiary/aromatic N) is 3. The second-order valence-electron chi connectivity index (χ2n) is 8.02. The van der Waals surface area contributed by atoms with E-state index in [1.54, 1.807) is 24.1 Å². The van der Waals surface area contributed by atoms with Gasteiger partial charge in [0.05, 0.1) is 17.6 Å².